The van der Waals surface area contributed by atoms with Gasteiger partial charge >= 0.3 is 0 Å². The standard InChI is InChI=1S/C10H9N3O/c11-6-8-9(13-14-10(8)12)7-4-2-1-3-5-7/h1-5,9,13H,12H2. The highest BCUT2D eigenvalue weighted by atomic mass is 16.7. The Bertz CT molecular complexity index is 405. The van der Waals surface area contributed by atoms with Crippen LogP contribution in [0.2, 0.25) is 0 Å². The number of nitriles is 1. The maximum atomic E-state index is 8.86. The third-order valence-corrected chi connectivity index (χ3v) is 2.09. The van der Waals surface area contributed by atoms with Crippen molar-refractivity contribution in [1.29, 1.82) is 5.26 Å². The third-order valence-electron chi connectivity index (χ3n) is 2.09. The molecular formula is C10H9N3O. The molecule has 1 aromatic carbocycles. The fourth-order valence-corrected chi connectivity index (χ4v) is 1.38. The van der Waals surface area contributed by atoms with E-state index in [9.17, 15) is 0 Å². The maximum absolute atomic E-state index is 8.86. The van der Waals surface area contributed by atoms with Gasteiger partial charge < -0.3 is 10.6 Å². The van der Waals surface area contributed by atoms with E-state index in [0.29, 0.717) is 5.57 Å². The van der Waals surface area contributed by atoms with Crippen LogP contribution in [-0.2, 0) is 4.84 Å². The summed E-state index contributed by atoms with van der Waals surface area (Å²) in [4.78, 5) is 4.91. The predicted octanol–water partition coefficient (Wildman–Crippen LogP) is 0.956. The monoisotopic (exact) mass is 187 g/mol. The predicted molar refractivity (Wildman–Crippen MR) is 50.2 cm³/mol. The van der Waals surface area contributed by atoms with Crippen LogP contribution in [-0.4, -0.2) is 0 Å². The second-order valence-corrected chi connectivity index (χ2v) is 2.95. The molecule has 1 aromatic rings. The fourth-order valence-electron chi connectivity index (χ4n) is 1.38. The van der Waals surface area contributed by atoms with Crippen LogP contribution in [0.4, 0.5) is 0 Å². The zero-order valence-electron chi connectivity index (χ0n) is 7.40. The minimum atomic E-state index is -0.249. The van der Waals surface area contributed by atoms with Gasteiger partial charge in [0.15, 0.2) is 0 Å². The summed E-state index contributed by atoms with van der Waals surface area (Å²) in [5, 5.41) is 8.86. The van der Waals surface area contributed by atoms with Crippen molar-refractivity contribution in [1.82, 2.24) is 5.48 Å². The Morgan fingerprint density at radius 3 is 2.71 bits per heavy atom. The number of hydrogen-bond acceptors (Lipinski definition) is 4. The Kier molecular flexibility index (Phi) is 2.09. The van der Waals surface area contributed by atoms with Crippen LogP contribution in [0.1, 0.15) is 11.6 Å². The first-order valence-corrected chi connectivity index (χ1v) is 4.20. The maximum Gasteiger partial charge on any atom is 0.225 e. The summed E-state index contributed by atoms with van der Waals surface area (Å²) < 4.78 is 0. The van der Waals surface area contributed by atoms with Gasteiger partial charge in [-0.1, -0.05) is 30.3 Å². The van der Waals surface area contributed by atoms with Crippen LogP contribution in [0.3, 0.4) is 0 Å². The molecule has 70 valence electrons. The molecular weight excluding hydrogens is 178 g/mol. The lowest BCUT2D eigenvalue weighted by atomic mass is 10.0. The summed E-state index contributed by atoms with van der Waals surface area (Å²) >= 11 is 0. The van der Waals surface area contributed by atoms with E-state index in [2.05, 4.69) is 5.48 Å². The minimum Gasteiger partial charge on any atom is -0.389 e. The zero-order chi connectivity index (χ0) is 9.97. The van der Waals surface area contributed by atoms with Crippen molar-refractivity contribution in [2.24, 2.45) is 5.73 Å². The molecule has 0 bridgehead atoms. The number of nitrogens with zero attached hydrogens (tertiary/aromatic N) is 1. The third kappa shape index (κ3) is 1.30. The van der Waals surface area contributed by atoms with Crippen molar-refractivity contribution in [3.63, 3.8) is 0 Å². The average Bonchev–Trinajstić information content (AvgIpc) is 2.61. The molecule has 2 rings (SSSR count). The number of hydrogen-bond donors (Lipinski definition) is 2. The van der Waals surface area contributed by atoms with E-state index < -0.39 is 0 Å². The van der Waals surface area contributed by atoms with Crippen molar-refractivity contribution >= 4 is 0 Å². The summed E-state index contributed by atoms with van der Waals surface area (Å²) in [6.07, 6.45) is 0. The van der Waals surface area contributed by atoms with E-state index in [1.54, 1.807) is 0 Å². The normalized spacial score (nSPS) is 20.4. The molecule has 0 saturated heterocycles. The van der Waals surface area contributed by atoms with Crippen molar-refractivity contribution < 1.29 is 4.84 Å². The van der Waals surface area contributed by atoms with Gasteiger partial charge in [0.1, 0.15) is 17.7 Å². The van der Waals surface area contributed by atoms with Gasteiger partial charge in [-0.2, -0.15) is 5.26 Å². The molecule has 4 heteroatoms. The second-order valence-electron chi connectivity index (χ2n) is 2.95. The number of rotatable bonds is 1. The largest absolute Gasteiger partial charge is 0.389 e. The molecule has 4 nitrogen and oxygen atoms in total. The molecule has 0 radical (unpaired) electrons. The smallest absolute Gasteiger partial charge is 0.225 e. The van der Waals surface area contributed by atoms with E-state index in [0.717, 1.165) is 5.56 Å². The zero-order valence-corrected chi connectivity index (χ0v) is 7.40. The first kappa shape index (κ1) is 8.60. The molecule has 0 spiro atoms. The van der Waals surface area contributed by atoms with Gasteiger partial charge in [-0.3, -0.25) is 0 Å². The van der Waals surface area contributed by atoms with Crippen molar-refractivity contribution in [3.05, 3.63) is 47.4 Å². The summed E-state index contributed by atoms with van der Waals surface area (Å²) in [7, 11) is 0. The topological polar surface area (TPSA) is 71.1 Å². The first-order valence-electron chi connectivity index (χ1n) is 4.20. The van der Waals surface area contributed by atoms with Crippen LogP contribution in [0.5, 0.6) is 0 Å². The Hall–Kier alpha value is -1.99. The van der Waals surface area contributed by atoms with Crippen LogP contribution in [0.15, 0.2) is 41.8 Å². The molecule has 0 aliphatic carbocycles. The highest BCUT2D eigenvalue weighted by Gasteiger charge is 2.26. The molecule has 3 N–H and O–H groups in total. The van der Waals surface area contributed by atoms with E-state index in [4.69, 9.17) is 15.8 Å². The Morgan fingerprint density at radius 2 is 2.07 bits per heavy atom. The van der Waals surface area contributed by atoms with E-state index >= 15 is 0 Å². The Balaban J connectivity index is 2.35. The van der Waals surface area contributed by atoms with Crippen LogP contribution >= 0.6 is 0 Å². The van der Waals surface area contributed by atoms with Crippen molar-refractivity contribution in [2.75, 3.05) is 0 Å². The van der Waals surface area contributed by atoms with Crippen LogP contribution < -0.4 is 11.2 Å². The van der Waals surface area contributed by atoms with Crippen molar-refractivity contribution in [3.8, 4) is 6.07 Å². The lowest BCUT2D eigenvalue weighted by Crippen LogP contribution is -2.14. The summed E-state index contributed by atoms with van der Waals surface area (Å²) in [5.74, 6) is 0.154. The SMILES string of the molecule is N#CC1=C(N)ONC1c1ccccc1. The molecule has 1 aliphatic heterocycles. The number of nitrogens with one attached hydrogen (secondary N) is 1. The molecule has 1 atom stereocenters. The van der Waals surface area contributed by atoms with Crippen molar-refractivity contribution in [2.45, 2.75) is 6.04 Å². The Labute approximate surface area is 81.5 Å². The van der Waals surface area contributed by atoms with Gasteiger partial charge in [0, 0.05) is 0 Å². The summed E-state index contributed by atoms with van der Waals surface area (Å²) in [6, 6.07) is 11.3. The molecule has 1 heterocycles. The van der Waals surface area contributed by atoms with E-state index in [1.807, 2.05) is 36.4 Å². The molecule has 14 heavy (non-hydrogen) atoms. The minimum absolute atomic E-state index is 0.154. The fraction of sp³-hybridized carbons (Fsp3) is 0.100. The summed E-state index contributed by atoms with van der Waals surface area (Å²) in [6.45, 7) is 0. The number of hydroxylamine groups is 1. The highest BCUT2D eigenvalue weighted by Crippen LogP contribution is 2.27. The molecule has 0 saturated carbocycles. The van der Waals surface area contributed by atoms with Crippen LogP contribution in [0, 0.1) is 11.3 Å². The lowest BCUT2D eigenvalue weighted by molar-refractivity contribution is 0.114. The van der Waals surface area contributed by atoms with E-state index in [-0.39, 0.29) is 11.9 Å². The quantitative estimate of drug-likeness (QED) is 0.686. The van der Waals surface area contributed by atoms with Crippen LogP contribution in [0.25, 0.3) is 0 Å². The Morgan fingerprint density at radius 1 is 1.36 bits per heavy atom. The second kappa shape index (κ2) is 3.40. The summed E-state index contributed by atoms with van der Waals surface area (Å²) in [5.41, 5.74) is 9.58. The van der Waals surface area contributed by atoms with Gasteiger partial charge in [0.25, 0.3) is 0 Å². The molecule has 1 aliphatic rings. The van der Waals surface area contributed by atoms with Gasteiger partial charge in [-0.25, -0.2) is 0 Å². The van der Waals surface area contributed by atoms with Gasteiger partial charge in [0.2, 0.25) is 5.88 Å². The average molecular weight is 187 g/mol. The molecule has 0 amide bonds. The number of benzene rings is 1. The van der Waals surface area contributed by atoms with E-state index in [1.165, 1.54) is 0 Å². The lowest BCUT2D eigenvalue weighted by Gasteiger charge is -2.08. The van der Waals surface area contributed by atoms with Gasteiger partial charge in [-0.15, -0.1) is 5.48 Å². The first-order chi connectivity index (χ1) is 6.83. The van der Waals surface area contributed by atoms with Gasteiger partial charge in [0.05, 0.1) is 0 Å². The molecule has 0 aromatic heterocycles. The molecule has 0 fully saturated rings. The molecule has 1 unspecified atom stereocenters. The van der Waals surface area contributed by atoms with Gasteiger partial charge in [-0.05, 0) is 5.56 Å². The number of nitrogens with two attached hydrogens (primary N) is 1. The highest BCUT2D eigenvalue weighted by molar-refractivity contribution is 5.38.